The molecule has 1 aliphatic heterocycles. The highest BCUT2D eigenvalue weighted by Crippen LogP contribution is 2.38. The number of hydrogen-bond acceptors (Lipinski definition) is 5. The zero-order chi connectivity index (χ0) is 22.1. The summed E-state index contributed by atoms with van der Waals surface area (Å²) in [6, 6.07) is 10.6. The molecule has 2 amide bonds. The van der Waals surface area contributed by atoms with Gasteiger partial charge in [-0.2, -0.15) is 0 Å². The van der Waals surface area contributed by atoms with Gasteiger partial charge in [0.2, 0.25) is 5.91 Å². The molecule has 0 saturated carbocycles. The Morgan fingerprint density at radius 1 is 1.27 bits per heavy atom. The number of nitrogens with zero attached hydrogens (tertiary/aromatic N) is 2. The molecule has 2 aromatic rings. The maximum atomic E-state index is 13.0. The van der Waals surface area contributed by atoms with Crippen LogP contribution in [0.15, 0.2) is 42.5 Å². The van der Waals surface area contributed by atoms with Crippen LogP contribution in [-0.4, -0.2) is 29.9 Å². The van der Waals surface area contributed by atoms with E-state index >= 15 is 0 Å². The third kappa shape index (κ3) is 4.42. The first-order chi connectivity index (χ1) is 14.1. The Kier molecular flexibility index (Phi) is 5.78. The highest BCUT2D eigenvalue weighted by Gasteiger charge is 2.38. The third-order valence-corrected chi connectivity index (χ3v) is 4.79. The van der Waals surface area contributed by atoms with Crippen LogP contribution in [0.25, 0.3) is 0 Å². The Hall–Kier alpha value is -3.42. The predicted octanol–water partition coefficient (Wildman–Crippen LogP) is 4.25. The van der Waals surface area contributed by atoms with E-state index in [-0.39, 0.29) is 29.7 Å². The number of ether oxygens (including phenoxy) is 1. The van der Waals surface area contributed by atoms with Crippen LogP contribution in [0.3, 0.4) is 0 Å². The SMILES string of the molecule is CC(C)CN1C(=O)C(C)(C)COc2cc(NC(=O)c3cccc([N+](=O)[O-])c3)ccc21. The number of hydrogen-bond donors (Lipinski definition) is 1. The van der Waals surface area contributed by atoms with Gasteiger partial charge in [-0.15, -0.1) is 0 Å². The van der Waals surface area contributed by atoms with Crippen LogP contribution in [0.1, 0.15) is 38.1 Å². The van der Waals surface area contributed by atoms with Crippen LogP contribution in [-0.2, 0) is 4.79 Å². The second-order valence-corrected chi connectivity index (χ2v) is 8.43. The molecule has 1 N–H and O–H groups in total. The van der Waals surface area contributed by atoms with Gasteiger partial charge in [0.1, 0.15) is 12.4 Å². The third-order valence-electron chi connectivity index (χ3n) is 4.79. The lowest BCUT2D eigenvalue weighted by Crippen LogP contribution is -2.43. The van der Waals surface area contributed by atoms with Crippen LogP contribution in [0, 0.1) is 21.4 Å². The van der Waals surface area contributed by atoms with Crippen molar-refractivity contribution in [2.75, 3.05) is 23.4 Å². The topological polar surface area (TPSA) is 102 Å². The van der Waals surface area contributed by atoms with Crippen molar-refractivity contribution < 1.29 is 19.2 Å². The van der Waals surface area contributed by atoms with Gasteiger partial charge in [0, 0.05) is 36.0 Å². The molecule has 0 saturated heterocycles. The summed E-state index contributed by atoms with van der Waals surface area (Å²) in [4.78, 5) is 37.7. The molecule has 2 aromatic carbocycles. The number of nitro benzene ring substituents is 1. The zero-order valence-electron chi connectivity index (χ0n) is 17.5. The zero-order valence-corrected chi connectivity index (χ0v) is 17.5. The molecule has 0 bridgehead atoms. The minimum Gasteiger partial charge on any atom is -0.490 e. The number of nitro groups is 1. The molecule has 0 spiro atoms. The first-order valence-electron chi connectivity index (χ1n) is 9.73. The van der Waals surface area contributed by atoms with E-state index in [4.69, 9.17) is 4.74 Å². The van der Waals surface area contributed by atoms with E-state index in [0.29, 0.717) is 23.7 Å². The summed E-state index contributed by atoms with van der Waals surface area (Å²) in [7, 11) is 0. The molecule has 30 heavy (non-hydrogen) atoms. The van der Waals surface area contributed by atoms with E-state index in [2.05, 4.69) is 5.32 Å². The van der Waals surface area contributed by atoms with E-state index in [1.54, 1.807) is 23.1 Å². The molecular weight excluding hydrogens is 386 g/mol. The number of benzene rings is 2. The normalized spacial score (nSPS) is 15.2. The monoisotopic (exact) mass is 411 g/mol. The molecule has 1 heterocycles. The number of amides is 2. The van der Waals surface area contributed by atoms with Gasteiger partial charge in [-0.3, -0.25) is 19.7 Å². The fourth-order valence-electron chi connectivity index (χ4n) is 3.24. The quantitative estimate of drug-likeness (QED) is 0.585. The largest absolute Gasteiger partial charge is 0.490 e. The Bertz CT molecular complexity index is 1000. The van der Waals surface area contributed by atoms with Crippen LogP contribution >= 0.6 is 0 Å². The van der Waals surface area contributed by atoms with Crippen LogP contribution in [0.5, 0.6) is 5.75 Å². The van der Waals surface area contributed by atoms with E-state index in [1.807, 2.05) is 27.7 Å². The average molecular weight is 411 g/mol. The summed E-state index contributed by atoms with van der Waals surface area (Å²) < 4.78 is 5.92. The lowest BCUT2D eigenvalue weighted by molar-refractivity contribution is -0.384. The molecule has 0 aromatic heterocycles. The minimum absolute atomic E-state index is 0.0108. The van der Waals surface area contributed by atoms with Gasteiger partial charge >= 0.3 is 0 Å². The number of anilines is 2. The van der Waals surface area contributed by atoms with Crippen molar-refractivity contribution in [3.05, 3.63) is 58.1 Å². The maximum absolute atomic E-state index is 13.0. The summed E-state index contributed by atoms with van der Waals surface area (Å²) in [6.45, 7) is 8.55. The molecular formula is C22H25N3O5. The van der Waals surface area contributed by atoms with Crippen LogP contribution < -0.4 is 15.0 Å². The number of carbonyl (C=O) groups excluding carboxylic acids is 2. The van der Waals surface area contributed by atoms with Crippen molar-refractivity contribution in [2.45, 2.75) is 27.7 Å². The molecule has 0 unspecified atom stereocenters. The fourth-order valence-corrected chi connectivity index (χ4v) is 3.24. The molecule has 0 atom stereocenters. The molecule has 8 nitrogen and oxygen atoms in total. The van der Waals surface area contributed by atoms with E-state index in [9.17, 15) is 19.7 Å². The molecule has 158 valence electrons. The van der Waals surface area contributed by atoms with Crippen LogP contribution in [0.4, 0.5) is 17.1 Å². The molecule has 0 radical (unpaired) electrons. The number of non-ortho nitro benzene ring substituents is 1. The Labute approximate surface area is 175 Å². The van der Waals surface area contributed by atoms with Crippen molar-refractivity contribution in [3.63, 3.8) is 0 Å². The standard InChI is InChI=1S/C22H25N3O5/c1-14(2)12-24-18-9-8-16(11-19(18)30-13-22(3,4)21(24)27)23-20(26)15-6-5-7-17(10-15)25(28)29/h5-11,14H,12-13H2,1-4H3,(H,23,26). The molecule has 0 fully saturated rings. The van der Waals surface area contributed by atoms with Gasteiger partial charge in [-0.1, -0.05) is 19.9 Å². The molecule has 1 aliphatic rings. The lowest BCUT2D eigenvalue weighted by Gasteiger charge is -2.29. The number of rotatable bonds is 5. The van der Waals surface area contributed by atoms with Gasteiger partial charge in [0.15, 0.2) is 0 Å². The second-order valence-electron chi connectivity index (χ2n) is 8.43. The highest BCUT2D eigenvalue weighted by molar-refractivity contribution is 6.05. The number of carbonyl (C=O) groups is 2. The van der Waals surface area contributed by atoms with Gasteiger partial charge in [0.05, 0.1) is 16.0 Å². The Balaban J connectivity index is 1.89. The second kappa shape index (κ2) is 8.14. The van der Waals surface area contributed by atoms with Gasteiger partial charge in [0.25, 0.3) is 11.6 Å². The van der Waals surface area contributed by atoms with Crippen molar-refractivity contribution in [1.82, 2.24) is 0 Å². The molecule has 0 aliphatic carbocycles. The lowest BCUT2D eigenvalue weighted by atomic mass is 9.92. The van der Waals surface area contributed by atoms with Gasteiger partial charge in [-0.25, -0.2) is 0 Å². The molecule has 3 rings (SSSR count). The van der Waals surface area contributed by atoms with Crippen molar-refractivity contribution in [2.24, 2.45) is 11.3 Å². The predicted molar refractivity (Wildman–Crippen MR) is 114 cm³/mol. The fraction of sp³-hybridized carbons (Fsp3) is 0.364. The molecule has 8 heteroatoms. The Morgan fingerprint density at radius 2 is 2.00 bits per heavy atom. The van der Waals surface area contributed by atoms with E-state index < -0.39 is 16.2 Å². The van der Waals surface area contributed by atoms with Gasteiger partial charge in [-0.05, 0) is 38.0 Å². The van der Waals surface area contributed by atoms with E-state index in [0.717, 1.165) is 0 Å². The summed E-state index contributed by atoms with van der Waals surface area (Å²) >= 11 is 0. The van der Waals surface area contributed by atoms with E-state index in [1.165, 1.54) is 24.3 Å². The van der Waals surface area contributed by atoms with Crippen molar-refractivity contribution >= 4 is 28.9 Å². The summed E-state index contributed by atoms with van der Waals surface area (Å²) in [5, 5.41) is 13.7. The number of nitrogens with one attached hydrogen (secondary N) is 1. The summed E-state index contributed by atoms with van der Waals surface area (Å²) in [5.74, 6) is 0.293. The van der Waals surface area contributed by atoms with Crippen LogP contribution in [0.2, 0.25) is 0 Å². The first kappa shape index (κ1) is 21.3. The minimum atomic E-state index is -0.680. The summed E-state index contributed by atoms with van der Waals surface area (Å²) in [6.07, 6.45) is 0. The smallest absolute Gasteiger partial charge is 0.270 e. The van der Waals surface area contributed by atoms with Crippen molar-refractivity contribution in [3.8, 4) is 5.75 Å². The average Bonchev–Trinajstić information content (AvgIpc) is 2.78. The maximum Gasteiger partial charge on any atom is 0.270 e. The number of fused-ring (bicyclic) bond motifs is 1. The van der Waals surface area contributed by atoms with Gasteiger partial charge < -0.3 is 15.0 Å². The first-order valence-corrected chi connectivity index (χ1v) is 9.73. The Morgan fingerprint density at radius 3 is 2.67 bits per heavy atom. The van der Waals surface area contributed by atoms with Crippen molar-refractivity contribution in [1.29, 1.82) is 0 Å². The summed E-state index contributed by atoms with van der Waals surface area (Å²) in [5.41, 5.74) is 0.477. The highest BCUT2D eigenvalue weighted by atomic mass is 16.6.